The van der Waals surface area contributed by atoms with Crippen molar-refractivity contribution in [1.82, 2.24) is 19.9 Å². The van der Waals surface area contributed by atoms with E-state index in [-0.39, 0.29) is 0 Å². The van der Waals surface area contributed by atoms with E-state index >= 15 is 0 Å². The SMILES string of the molecule is COc1cc(Oc2ccnc(OCCN3CCOCC3)c2)ccc1Nc1ncc(Cl)c(Nc2ccccc2P(C)(C)=O)n1. The second-order valence-electron chi connectivity index (χ2n) is 10.1. The summed E-state index contributed by atoms with van der Waals surface area (Å²) in [5.41, 5.74) is 1.29. The smallest absolute Gasteiger partial charge is 0.229 e. The highest BCUT2D eigenvalue weighted by molar-refractivity contribution is 7.70. The minimum atomic E-state index is -2.54. The van der Waals surface area contributed by atoms with Crippen LogP contribution in [0.4, 0.5) is 23.1 Å². The van der Waals surface area contributed by atoms with E-state index in [0.717, 1.165) is 32.8 Å². The maximum atomic E-state index is 12.8. The number of ether oxygens (including phenoxy) is 4. The first kappa shape index (κ1) is 30.6. The molecule has 2 aromatic carbocycles. The number of aromatic nitrogens is 3. The van der Waals surface area contributed by atoms with Crippen molar-refractivity contribution >= 4 is 47.2 Å². The number of methoxy groups -OCH3 is 1. The van der Waals surface area contributed by atoms with Crippen molar-refractivity contribution in [1.29, 1.82) is 0 Å². The Morgan fingerprint density at radius 2 is 1.79 bits per heavy atom. The Morgan fingerprint density at radius 1 is 1.00 bits per heavy atom. The average molecular weight is 625 g/mol. The number of halogens is 1. The van der Waals surface area contributed by atoms with E-state index in [2.05, 4.69) is 30.5 Å². The zero-order valence-electron chi connectivity index (χ0n) is 24.2. The summed E-state index contributed by atoms with van der Waals surface area (Å²) in [6, 6.07) is 16.3. The average Bonchev–Trinajstić information content (AvgIpc) is 3.00. The van der Waals surface area contributed by atoms with Crippen molar-refractivity contribution in [2.45, 2.75) is 0 Å². The minimum absolute atomic E-state index is 0.292. The molecule has 0 spiro atoms. The third kappa shape index (κ3) is 8.36. The van der Waals surface area contributed by atoms with Gasteiger partial charge in [-0.1, -0.05) is 23.7 Å². The quantitative estimate of drug-likeness (QED) is 0.187. The first-order valence-electron chi connectivity index (χ1n) is 13.7. The van der Waals surface area contributed by atoms with Crippen LogP contribution >= 0.6 is 18.7 Å². The van der Waals surface area contributed by atoms with E-state index in [0.29, 0.717) is 63.2 Å². The molecule has 0 atom stereocenters. The standard InChI is InChI=1S/C30H34ClN6O5P/c1-39-26-18-21(42-22-10-11-32-28(19-22)41-17-14-37-12-15-40-16-13-37)8-9-24(26)35-30-33-20-23(31)29(36-30)34-25-6-4-5-7-27(25)43(2,3)38/h4-11,18-20H,12-17H2,1-3H3,(H2,33,34,35,36). The lowest BCUT2D eigenvalue weighted by atomic mass is 10.2. The lowest BCUT2D eigenvalue weighted by Crippen LogP contribution is -2.38. The van der Waals surface area contributed by atoms with E-state index in [1.54, 1.807) is 57.0 Å². The molecule has 0 unspecified atom stereocenters. The van der Waals surface area contributed by atoms with Gasteiger partial charge in [-0.15, -0.1) is 0 Å². The number of nitrogens with zero attached hydrogens (tertiary/aromatic N) is 4. The summed E-state index contributed by atoms with van der Waals surface area (Å²) in [6.07, 6.45) is 3.14. The van der Waals surface area contributed by atoms with Gasteiger partial charge in [0.2, 0.25) is 11.8 Å². The summed E-state index contributed by atoms with van der Waals surface area (Å²) in [5.74, 6) is 2.82. The van der Waals surface area contributed by atoms with Crippen LogP contribution < -0.4 is 30.1 Å². The molecule has 0 amide bonds. The molecule has 1 aliphatic rings. The van der Waals surface area contributed by atoms with Crippen LogP contribution in [0.3, 0.4) is 0 Å². The molecule has 5 rings (SSSR count). The number of hydrogen-bond donors (Lipinski definition) is 2. The lowest BCUT2D eigenvalue weighted by molar-refractivity contribution is 0.0320. The van der Waals surface area contributed by atoms with Gasteiger partial charge in [0.15, 0.2) is 5.82 Å². The number of pyridine rings is 1. The predicted molar refractivity (Wildman–Crippen MR) is 169 cm³/mol. The molecule has 13 heteroatoms. The van der Waals surface area contributed by atoms with Gasteiger partial charge < -0.3 is 34.1 Å². The monoisotopic (exact) mass is 624 g/mol. The van der Waals surface area contributed by atoms with Gasteiger partial charge in [-0.2, -0.15) is 4.98 Å². The maximum absolute atomic E-state index is 12.8. The van der Waals surface area contributed by atoms with E-state index in [1.165, 1.54) is 6.20 Å². The third-order valence-corrected chi connectivity index (χ3v) is 8.43. The summed E-state index contributed by atoms with van der Waals surface area (Å²) in [6.45, 7) is 8.10. The number of nitrogens with one attached hydrogen (secondary N) is 2. The molecule has 43 heavy (non-hydrogen) atoms. The number of hydrogen-bond acceptors (Lipinski definition) is 11. The van der Waals surface area contributed by atoms with E-state index in [1.807, 2.05) is 24.3 Å². The summed E-state index contributed by atoms with van der Waals surface area (Å²) < 4.78 is 35.7. The van der Waals surface area contributed by atoms with Crippen molar-refractivity contribution in [3.05, 3.63) is 72.0 Å². The molecule has 2 aromatic heterocycles. The summed E-state index contributed by atoms with van der Waals surface area (Å²) >= 11 is 6.40. The molecule has 11 nitrogen and oxygen atoms in total. The molecule has 4 aromatic rings. The fourth-order valence-electron chi connectivity index (χ4n) is 4.42. The fraction of sp³-hybridized carbons (Fsp3) is 0.300. The van der Waals surface area contributed by atoms with Crippen molar-refractivity contribution in [2.24, 2.45) is 0 Å². The van der Waals surface area contributed by atoms with Crippen molar-refractivity contribution in [3.63, 3.8) is 0 Å². The summed E-state index contributed by atoms with van der Waals surface area (Å²) in [7, 11) is -0.971. The lowest BCUT2D eigenvalue weighted by Gasteiger charge is -2.26. The molecule has 1 aliphatic heterocycles. The van der Waals surface area contributed by atoms with Crippen molar-refractivity contribution < 1.29 is 23.5 Å². The predicted octanol–water partition coefficient (Wildman–Crippen LogP) is 5.77. The summed E-state index contributed by atoms with van der Waals surface area (Å²) in [5, 5.41) is 7.40. The molecule has 0 bridgehead atoms. The number of para-hydroxylation sites is 1. The normalized spacial score (nSPS) is 13.8. The summed E-state index contributed by atoms with van der Waals surface area (Å²) in [4.78, 5) is 15.4. The number of morpholine rings is 1. The van der Waals surface area contributed by atoms with Crippen LogP contribution in [0.5, 0.6) is 23.1 Å². The second-order valence-corrected chi connectivity index (χ2v) is 13.7. The third-order valence-electron chi connectivity index (χ3n) is 6.60. The minimum Gasteiger partial charge on any atom is -0.494 e. The second kappa shape index (κ2) is 14.1. The Hall–Kier alpha value is -3.89. The highest BCUT2D eigenvalue weighted by atomic mass is 35.5. The highest BCUT2D eigenvalue weighted by Crippen LogP contribution is 2.39. The van der Waals surface area contributed by atoms with Crippen LogP contribution in [0.15, 0.2) is 67.0 Å². The Kier molecular flexibility index (Phi) is 9.99. The van der Waals surface area contributed by atoms with Gasteiger partial charge in [0.05, 0.1) is 37.9 Å². The van der Waals surface area contributed by atoms with E-state index in [4.69, 9.17) is 30.5 Å². The first-order valence-corrected chi connectivity index (χ1v) is 16.7. The van der Waals surface area contributed by atoms with E-state index < -0.39 is 7.14 Å². The Balaban J connectivity index is 1.25. The van der Waals surface area contributed by atoms with Gasteiger partial charge in [-0.25, -0.2) is 9.97 Å². The van der Waals surface area contributed by atoms with E-state index in [9.17, 15) is 4.57 Å². The molecule has 0 saturated carbocycles. The van der Waals surface area contributed by atoms with Crippen LogP contribution in [0.2, 0.25) is 5.02 Å². The molecule has 226 valence electrons. The van der Waals surface area contributed by atoms with Crippen LogP contribution in [-0.2, 0) is 9.30 Å². The number of anilines is 4. The van der Waals surface area contributed by atoms with Gasteiger partial charge in [-0.3, -0.25) is 4.90 Å². The van der Waals surface area contributed by atoms with Crippen LogP contribution in [-0.4, -0.2) is 79.7 Å². The van der Waals surface area contributed by atoms with Gasteiger partial charge in [-0.05, 0) is 43.7 Å². The van der Waals surface area contributed by atoms with Crippen LogP contribution in [0.1, 0.15) is 0 Å². The highest BCUT2D eigenvalue weighted by Gasteiger charge is 2.18. The van der Waals surface area contributed by atoms with Gasteiger partial charge in [0.1, 0.15) is 36.0 Å². The van der Waals surface area contributed by atoms with Gasteiger partial charge >= 0.3 is 0 Å². The molecule has 0 radical (unpaired) electrons. The van der Waals surface area contributed by atoms with Crippen LogP contribution in [0.25, 0.3) is 0 Å². The molecule has 3 heterocycles. The Bertz CT molecular complexity index is 1600. The zero-order valence-corrected chi connectivity index (χ0v) is 25.9. The van der Waals surface area contributed by atoms with Crippen molar-refractivity contribution in [2.75, 3.05) is 70.5 Å². The number of benzene rings is 2. The molecule has 1 saturated heterocycles. The van der Waals surface area contributed by atoms with Gasteiger partial charge in [0.25, 0.3) is 0 Å². The molecular formula is C30H34ClN6O5P. The zero-order chi connectivity index (χ0) is 30.2. The fourth-order valence-corrected chi connectivity index (χ4v) is 5.72. The van der Waals surface area contributed by atoms with Crippen LogP contribution in [0, 0.1) is 0 Å². The Labute approximate surface area is 255 Å². The number of rotatable bonds is 12. The topological polar surface area (TPSA) is 120 Å². The largest absolute Gasteiger partial charge is 0.494 e. The first-order chi connectivity index (χ1) is 20.8. The molecule has 1 fully saturated rings. The maximum Gasteiger partial charge on any atom is 0.229 e. The molecular weight excluding hydrogens is 591 g/mol. The molecule has 0 aliphatic carbocycles. The van der Waals surface area contributed by atoms with Gasteiger partial charge in [0, 0.05) is 43.3 Å². The Morgan fingerprint density at radius 3 is 2.58 bits per heavy atom. The van der Waals surface area contributed by atoms with Crippen molar-refractivity contribution in [3.8, 4) is 23.1 Å². The molecule has 2 N–H and O–H groups in total.